The van der Waals surface area contributed by atoms with E-state index < -0.39 is 5.97 Å². The highest BCUT2D eigenvalue weighted by Crippen LogP contribution is 2.49. The first-order valence-corrected chi connectivity index (χ1v) is 12.3. The Hall–Kier alpha value is -2.40. The van der Waals surface area contributed by atoms with Gasteiger partial charge in [-0.3, -0.25) is 9.69 Å². The van der Waals surface area contributed by atoms with E-state index in [1.807, 2.05) is 6.07 Å². The second-order valence-corrected chi connectivity index (χ2v) is 9.42. The van der Waals surface area contributed by atoms with Crippen molar-refractivity contribution in [1.82, 2.24) is 9.88 Å². The first-order valence-electron chi connectivity index (χ1n) is 12.3. The lowest BCUT2D eigenvalue weighted by molar-refractivity contribution is -0.140. The first kappa shape index (κ1) is 22.8. The summed E-state index contributed by atoms with van der Waals surface area (Å²) in [7, 11) is 0. The Morgan fingerprint density at radius 3 is 2.78 bits per heavy atom. The number of likely N-dealkylation sites (tertiary alicyclic amines) is 1. The van der Waals surface area contributed by atoms with Crippen LogP contribution < -0.4 is 5.32 Å². The lowest BCUT2D eigenvalue weighted by Crippen LogP contribution is -2.47. The quantitative estimate of drug-likeness (QED) is 0.550. The molecule has 0 aliphatic carbocycles. The maximum Gasteiger partial charge on any atom is 0.317 e. The van der Waals surface area contributed by atoms with Crippen molar-refractivity contribution in [2.75, 3.05) is 25.0 Å². The average Bonchev–Trinajstić information content (AvgIpc) is 3.17. The van der Waals surface area contributed by atoms with Crippen LogP contribution in [0.4, 0.5) is 5.82 Å². The molecule has 5 nitrogen and oxygen atoms in total. The number of aliphatic carboxylic acids is 1. The number of nitrogens with one attached hydrogen (secondary N) is 1. The molecule has 5 heteroatoms. The van der Waals surface area contributed by atoms with Crippen molar-refractivity contribution in [3.63, 3.8) is 0 Å². The number of anilines is 1. The molecule has 2 aliphatic rings. The van der Waals surface area contributed by atoms with Crippen LogP contribution in [-0.4, -0.2) is 40.6 Å². The van der Waals surface area contributed by atoms with Gasteiger partial charge in [-0.1, -0.05) is 56.7 Å². The largest absolute Gasteiger partial charge is 0.480 e. The number of fused-ring (bicyclic) bond motifs is 1. The van der Waals surface area contributed by atoms with Crippen LogP contribution in [0, 0.1) is 5.92 Å². The third-order valence-corrected chi connectivity index (χ3v) is 7.78. The van der Waals surface area contributed by atoms with E-state index in [1.165, 1.54) is 23.2 Å². The molecule has 3 heterocycles. The minimum absolute atomic E-state index is 0.100. The third-order valence-electron chi connectivity index (χ3n) is 7.78. The van der Waals surface area contributed by atoms with Gasteiger partial charge in [0.15, 0.2) is 0 Å². The van der Waals surface area contributed by atoms with E-state index in [-0.39, 0.29) is 12.1 Å². The lowest BCUT2D eigenvalue weighted by Gasteiger charge is -2.43. The van der Waals surface area contributed by atoms with E-state index in [9.17, 15) is 9.90 Å². The fraction of sp³-hybridized carbons (Fsp3) is 0.556. The first-order chi connectivity index (χ1) is 15.6. The van der Waals surface area contributed by atoms with E-state index in [0.717, 1.165) is 57.4 Å². The van der Waals surface area contributed by atoms with Crippen LogP contribution in [0.3, 0.4) is 0 Å². The minimum atomic E-state index is -0.739. The average molecular weight is 436 g/mol. The molecule has 1 fully saturated rings. The standard InChI is InChI=1S/C27H37N3O2/c1-3-20(24-13-12-21-9-8-17-28-26(21)29-24)14-16-27(23-10-6-5-7-11-23)22(4-2)15-18-30(27)19-25(31)32/h5-7,10-13,20,22H,3-4,8-9,14-19H2,1-2H3,(H,28,29)(H,31,32). The van der Waals surface area contributed by atoms with Gasteiger partial charge in [-0.25, -0.2) is 4.98 Å². The van der Waals surface area contributed by atoms with E-state index in [1.54, 1.807) is 0 Å². The van der Waals surface area contributed by atoms with Crippen LogP contribution >= 0.6 is 0 Å². The normalized spacial score (nSPS) is 24.0. The molecule has 2 aliphatic heterocycles. The summed E-state index contributed by atoms with van der Waals surface area (Å²) in [5.74, 6) is 1.15. The van der Waals surface area contributed by atoms with Crippen molar-refractivity contribution in [1.29, 1.82) is 0 Å². The number of pyridine rings is 1. The SMILES string of the molecule is CCC(CCC1(c2ccccc2)C(CC)CCN1CC(=O)O)c1ccc2c(n1)NCCC2. The van der Waals surface area contributed by atoms with Crippen LogP contribution in [0.2, 0.25) is 0 Å². The van der Waals surface area contributed by atoms with Gasteiger partial charge in [-0.05, 0) is 68.2 Å². The second-order valence-electron chi connectivity index (χ2n) is 9.42. The van der Waals surface area contributed by atoms with Crippen molar-refractivity contribution >= 4 is 11.8 Å². The molecule has 3 unspecified atom stereocenters. The monoisotopic (exact) mass is 435 g/mol. The van der Waals surface area contributed by atoms with Crippen molar-refractivity contribution < 1.29 is 9.90 Å². The molecule has 2 N–H and O–H groups in total. The second kappa shape index (κ2) is 10.0. The van der Waals surface area contributed by atoms with Gasteiger partial charge in [0, 0.05) is 23.7 Å². The van der Waals surface area contributed by atoms with Gasteiger partial charge >= 0.3 is 5.97 Å². The number of hydrogen-bond donors (Lipinski definition) is 2. The van der Waals surface area contributed by atoms with Gasteiger partial charge < -0.3 is 10.4 Å². The fourth-order valence-corrected chi connectivity index (χ4v) is 6.11. The summed E-state index contributed by atoms with van der Waals surface area (Å²) in [6.07, 6.45) is 7.37. The molecular weight excluding hydrogens is 398 g/mol. The molecule has 0 spiro atoms. The van der Waals surface area contributed by atoms with Crippen molar-refractivity contribution in [2.45, 2.75) is 70.3 Å². The number of carboxylic acid groups (broad SMARTS) is 1. The fourth-order valence-electron chi connectivity index (χ4n) is 6.11. The molecule has 32 heavy (non-hydrogen) atoms. The van der Waals surface area contributed by atoms with Gasteiger partial charge in [0.25, 0.3) is 0 Å². The number of benzene rings is 1. The maximum atomic E-state index is 11.8. The van der Waals surface area contributed by atoms with Crippen molar-refractivity contribution in [3.8, 4) is 0 Å². The van der Waals surface area contributed by atoms with Crippen molar-refractivity contribution in [3.05, 3.63) is 59.3 Å². The third kappa shape index (κ3) is 4.40. The molecule has 0 radical (unpaired) electrons. The molecule has 1 aromatic carbocycles. The van der Waals surface area contributed by atoms with Gasteiger partial charge in [0.2, 0.25) is 0 Å². The number of carbonyl (C=O) groups is 1. The molecule has 3 atom stereocenters. The molecule has 172 valence electrons. The van der Waals surface area contributed by atoms with Crippen LogP contribution in [0.5, 0.6) is 0 Å². The van der Waals surface area contributed by atoms with E-state index >= 15 is 0 Å². The number of rotatable bonds is 9. The molecule has 4 rings (SSSR count). The molecule has 1 saturated heterocycles. The summed E-state index contributed by atoms with van der Waals surface area (Å²) in [4.78, 5) is 19.0. The zero-order valence-electron chi connectivity index (χ0n) is 19.5. The number of hydrogen-bond acceptors (Lipinski definition) is 4. The van der Waals surface area contributed by atoms with Crippen molar-refractivity contribution in [2.24, 2.45) is 5.92 Å². The van der Waals surface area contributed by atoms with Gasteiger partial charge in [0.05, 0.1) is 6.54 Å². The zero-order chi connectivity index (χ0) is 22.6. The highest BCUT2D eigenvalue weighted by atomic mass is 16.4. The smallest absolute Gasteiger partial charge is 0.317 e. The molecule has 0 saturated carbocycles. The molecule has 2 aromatic rings. The minimum Gasteiger partial charge on any atom is -0.480 e. The highest BCUT2D eigenvalue weighted by molar-refractivity contribution is 5.69. The lowest BCUT2D eigenvalue weighted by atomic mass is 9.72. The zero-order valence-corrected chi connectivity index (χ0v) is 19.5. The Morgan fingerprint density at radius 2 is 2.06 bits per heavy atom. The predicted octanol–water partition coefficient (Wildman–Crippen LogP) is 5.43. The molecular formula is C27H37N3O2. The Morgan fingerprint density at radius 1 is 1.25 bits per heavy atom. The Kier molecular flexibility index (Phi) is 7.14. The summed E-state index contributed by atoms with van der Waals surface area (Å²) in [6.45, 7) is 6.44. The van der Waals surface area contributed by atoms with Crippen LogP contribution in [0.1, 0.15) is 75.1 Å². The Bertz CT molecular complexity index is 916. The van der Waals surface area contributed by atoms with Crippen LogP contribution in [0.15, 0.2) is 42.5 Å². The number of carboxylic acids is 1. The number of aromatic nitrogens is 1. The summed E-state index contributed by atoms with van der Waals surface area (Å²) in [5.41, 5.74) is 3.53. The van der Waals surface area contributed by atoms with E-state index in [2.05, 4.69) is 60.5 Å². The predicted molar refractivity (Wildman–Crippen MR) is 129 cm³/mol. The summed E-state index contributed by atoms with van der Waals surface area (Å²) in [6, 6.07) is 15.1. The van der Waals surface area contributed by atoms with Gasteiger partial charge in [-0.2, -0.15) is 0 Å². The van der Waals surface area contributed by atoms with E-state index in [4.69, 9.17) is 4.98 Å². The van der Waals surface area contributed by atoms with Crippen LogP contribution in [0.25, 0.3) is 0 Å². The molecule has 0 amide bonds. The van der Waals surface area contributed by atoms with Gasteiger partial charge in [0.1, 0.15) is 5.82 Å². The van der Waals surface area contributed by atoms with Gasteiger partial charge in [-0.15, -0.1) is 0 Å². The highest BCUT2D eigenvalue weighted by Gasteiger charge is 2.49. The topological polar surface area (TPSA) is 65.5 Å². The van der Waals surface area contributed by atoms with E-state index in [0.29, 0.717) is 11.8 Å². The number of aryl methyl sites for hydroxylation is 1. The summed E-state index contributed by atoms with van der Waals surface area (Å²) >= 11 is 0. The summed E-state index contributed by atoms with van der Waals surface area (Å²) < 4.78 is 0. The molecule has 1 aromatic heterocycles. The Labute approximate surface area is 192 Å². The maximum absolute atomic E-state index is 11.8. The Balaban J connectivity index is 1.64. The van der Waals surface area contributed by atoms with Crippen LogP contribution in [-0.2, 0) is 16.8 Å². The number of nitrogens with zero attached hydrogens (tertiary/aromatic N) is 2. The molecule has 0 bridgehead atoms. The summed E-state index contributed by atoms with van der Waals surface area (Å²) in [5, 5.41) is 13.1.